The van der Waals surface area contributed by atoms with Gasteiger partial charge in [-0.3, -0.25) is 9.36 Å². The first-order valence-corrected chi connectivity index (χ1v) is 9.71. The number of carbonyl (C=O) groups is 2. The number of carbonyl (C=O) groups excluding carboxylic acids is 2. The third-order valence-corrected chi connectivity index (χ3v) is 4.76. The van der Waals surface area contributed by atoms with Gasteiger partial charge in [-0.25, -0.2) is 9.78 Å². The Labute approximate surface area is 179 Å². The molecule has 0 spiro atoms. The number of para-hydroxylation sites is 1. The highest BCUT2D eigenvalue weighted by Gasteiger charge is 2.15. The number of aromatic nitrogens is 2. The first kappa shape index (κ1) is 20.2. The van der Waals surface area contributed by atoms with Crippen molar-refractivity contribution in [2.24, 2.45) is 0 Å². The van der Waals surface area contributed by atoms with Gasteiger partial charge in [-0.05, 0) is 49.4 Å². The fourth-order valence-corrected chi connectivity index (χ4v) is 3.34. The van der Waals surface area contributed by atoms with E-state index in [9.17, 15) is 9.59 Å². The maximum absolute atomic E-state index is 12.5. The molecule has 0 unspecified atom stereocenters. The molecule has 1 heterocycles. The highest BCUT2D eigenvalue weighted by atomic mass is 16.5. The molecule has 156 valence electrons. The van der Waals surface area contributed by atoms with Gasteiger partial charge in [0.1, 0.15) is 11.6 Å². The Bertz CT molecular complexity index is 1250. The summed E-state index contributed by atoms with van der Waals surface area (Å²) >= 11 is 0. The van der Waals surface area contributed by atoms with E-state index < -0.39 is 18.5 Å². The molecule has 7 heteroatoms. The van der Waals surface area contributed by atoms with Crippen molar-refractivity contribution in [3.8, 4) is 11.4 Å². The molecule has 1 aromatic heterocycles. The number of fused-ring (bicyclic) bond motifs is 1. The second-order valence-electron chi connectivity index (χ2n) is 6.89. The Morgan fingerprint density at radius 2 is 1.81 bits per heavy atom. The van der Waals surface area contributed by atoms with Gasteiger partial charge in [0.2, 0.25) is 0 Å². The molecule has 0 aliphatic heterocycles. The number of hydrogen-bond donors (Lipinski definition) is 1. The summed E-state index contributed by atoms with van der Waals surface area (Å²) in [6.07, 6.45) is 0. The number of imidazole rings is 1. The zero-order valence-corrected chi connectivity index (χ0v) is 17.2. The normalized spacial score (nSPS) is 10.6. The smallest absolute Gasteiger partial charge is 0.338 e. The van der Waals surface area contributed by atoms with Gasteiger partial charge in [-0.2, -0.15) is 0 Å². The van der Waals surface area contributed by atoms with Crippen molar-refractivity contribution in [2.45, 2.75) is 6.92 Å². The van der Waals surface area contributed by atoms with Crippen molar-refractivity contribution in [3.63, 3.8) is 0 Å². The molecule has 4 aromatic rings. The summed E-state index contributed by atoms with van der Waals surface area (Å²) in [4.78, 5) is 29.1. The van der Waals surface area contributed by atoms with Gasteiger partial charge < -0.3 is 14.8 Å². The minimum atomic E-state index is -0.588. The van der Waals surface area contributed by atoms with Crippen LogP contribution in [0.15, 0.2) is 72.8 Å². The lowest BCUT2D eigenvalue weighted by molar-refractivity contribution is -0.119. The topological polar surface area (TPSA) is 82.4 Å². The molecule has 1 amide bonds. The molecule has 0 bridgehead atoms. The Morgan fingerprint density at radius 3 is 2.58 bits per heavy atom. The van der Waals surface area contributed by atoms with Crippen LogP contribution in [0.25, 0.3) is 16.7 Å². The summed E-state index contributed by atoms with van der Waals surface area (Å²) in [6, 6.07) is 22.0. The second kappa shape index (κ2) is 8.71. The van der Waals surface area contributed by atoms with Crippen molar-refractivity contribution in [3.05, 3.63) is 84.2 Å². The number of benzene rings is 3. The monoisotopic (exact) mass is 415 g/mol. The van der Waals surface area contributed by atoms with Crippen molar-refractivity contribution in [1.82, 2.24) is 9.55 Å². The average Bonchev–Trinajstić information content (AvgIpc) is 3.13. The number of rotatable bonds is 6. The summed E-state index contributed by atoms with van der Waals surface area (Å²) in [5, 5.41) is 2.67. The van der Waals surface area contributed by atoms with Crippen molar-refractivity contribution < 1.29 is 19.1 Å². The Kier molecular flexibility index (Phi) is 5.66. The number of esters is 1. The molecular formula is C24H21N3O4. The highest BCUT2D eigenvalue weighted by Crippen LogP contribution is 2.22. The molecule has 0 radical (unpaired) electrons. The predicted octanol–water partition coefficient (Wildman–Crippen LogP) is 4.14. The number of nitrogens with zero attached hydrogens (tertiary/aromatic N) is 2. The SMILES string of the molecule is COc1cccc(NC(=O)COC(=O)c2ccc3c(c2)nc(C)n3-c2ccccc2)c1. The number of aryl methyl sites for hydroxylation is 1. The van der Waals surface area contributed by atoms with Crippen molar-refractivity contribution in [2.75, 3.05) is 19.0 Å². The van der Waals surface area contributed by atoms with Gasteiger partial charge >= 0.3 is 5.97 Å². The summed E-state index contributed by atoms with van der Waals surface area (Å²) in [5.74, 6) is 0.402. The van der Waals surface area contributed by atoms with E-state index in [1.165, 1.54) is 0 Å². The van der Waals surface area contributed by atoms with Gasteiger partial charge in [0.25, 0.3) is 5.91 Å². The van der Waals surface area contributed by atoms with Crippen molar-refractivity contribution >= 4 is 28.6 Å². The maximum atomic E-state index is 12.5. The molecule has 0 atom stereocenters. The summed E-state index contributed by atoms with van der Waals surface area (Å²) in [6.45, 7) is 1.51. The van der Waals surface area contributed by atoms with Crippen LogP contribution in [-0.2, 0) is 9.53 Å². The third kappa shape index (κ3) is 4.40. The molecule has 0 fully saturated rings. The Morgan fingerprint density at radius 1 is 1.00 bits per heavy atom. The van der Waals surface area contributed by atoms with Gasteiger partial charge in [0.05, 0.1) is 23.7 Å². The molecule has 3 aromatic carbocycles. The van der Waals surface area contributed by atoms with Crippen LogP contribution in [0.3, 0.4) is 0 Å². The quantitative estimate of drug-likeness (QED) is 0.479. The molecule has 31 heavy (non-hydrogen) atoms. The van der Waals surface area contributed by atoms with Crippen LogP contribution in [0.2, 0.25) is 0 Å². The molecule has 1 N–H and O–H groups in total. The fourth-order valence-electron chi connectivity index (χ4n) is 3.34. The highest BCUT2D eigenvalue weighted by molar-refractivity contribution is 5.97. The zero-order valence-electron chi connectivity index (χ0n) is 17.2. The van der Waals surface area contributed by atoms with Gasteiger partial charge in [-0.15, -0.1) is 0 Å². The number of amides is 1. The first-order chi connectivity index (χ1) is 15.0. The zero-order chi connectivity index (χ0) is 21.8. The number of ether oxygens (including phenoxy) is 2. The minimum Gasteiger partial charge on any atom is -0.497 e. The number of anilines is 1. The summed E-state index contributed by atoms with van der Waals surface area (Å²) < 4.78 is 12.3. The lowest BCUT2D eigenvalue weighted by Gasteiger charge is -2.08. The lowest BCUT2D eigenvalue weighted by atomic mass is 10.2. The van der Waals surface area contributed by atoms with Crippen LogP contribution in [0, 0.1) is 6.92 Å². The molecule has 0 aliphatic carbocycles. The molecule has 0 saturated carbocycles. The molecular weight excluding hydrogens is 394 g/mol. The standard InChI is InChI=1S/C24H21N3O4/c1-16-25-21-13-17(11-12-22(21)27(16)19-8-4-3-5-9-19)24(29)31-15-23(28)26-18-7-6-10-20(14-18)30-2/h3-14H,15H2,1-2H3,(H,26,28). The van der Waals surface area contributed by atoms with E-state index in [4.69, 9.17) is 9.47 Å². The fraction of sp³-hybridized carbons (Fsp3) is 0.125. The van der Waals surface area contributed by atoms with Crippen molar-refractivity contribution in [1.29, 1.82) is 0 Å². The lowest BCUT2D eigenvalue weighted by Crippen LogP contribution is -2.20. The Hall–Kier alpha value is -4.13. The van der Waals surface area contributed by atoms with E-state index in [-0.39, 0.29) is 0 Å². The van der Waals surface area contributed by atoms with Crippen LogP contribution >= 0.6 is 0 Å². The Balaban J connectivity index is 1.45. The second-order valence-corrected chi connectivity index (χ2v) is 6.89. The van der Waals surface area contributed by atoms with E-state index in [0.29, 0.717) is 22.5 Å². The average molecular weight is 415 g/mol. The van der Waals surface area contributed by atoms with Crippen LogP contribution in [0.5, 0.6) is 5.75 Å². The van der Waals surface area contributed by atoms with Crippen LogP contribution in [0.1, 0.15) is 16.2 Å². The molecule has 0 saturated heterocycles. The summed E-state index contributed by atoms with van der Waals surface area (Å²) in [7, 11) is 1.55. The van der Waals surface area contributed by atoms with Gasteiger partial charge in [-0.1, -0.05) is 24.3 Å². The minimum absolute atomic E-state index is 0.333. The van der Waals surface area contributed by atoms with Gasteiger partial charge in [0.15, 0.2) is 6.61 Å². The van der Waals surface area contributed by atoms with Crippen LogP contribution < -0.4 is 10.1 Å². The first-order valence-electron chi connectivity index (χ1n) is 9.71. The number of nitrogens with one attached hydrogen (secondary N) is 1. The molecule has 0 aliphatic rings. The summed E-state index contributed by atoms with van der Waals surface area (Å²) in [5.41, 5.74) is 3.45. The third-order valence-electron chi connectivity index (χ3n) is 4.76. The van der Waals surface area contributed by atoms with E-state index in [2.05, 4.69) is 10.3 Å². The van der Waals surface area contributed by atoms with E-state index >= 15 is 0 Å². The van der Waals surface area contributed by atoms with Gasteiger partial charge in [0, 0.05) is 17.4 Å². The largest absolute Gasteiger partial charge is 0.497 e. The number of hydrogen-bond acceptors (Lipinski definition) is 5. The van der Waals surface area contributed by atoms with E-state index in [0.717, 1.165) is 17.0 Å². The van der Waals surface area contributed by atoms with Crippen LogP contribution in [-0.4, -0.2) is 35.1 Å². The van der Waals surface area contributed by atoms with Crippen LogP contribution in [0.4, 0.5) is 5.69 Å². The molecule has 7 nitrogen and oxygen atoms in total. The van der Waals surface area contributed by atoms with E-state index in [1.807, 2.05) is 47.9 Å². The molecule has 4 rings (SSSR count). The van der Waals surface area contributed by atoms with E-state index in [1.54, 1.807) is 43.5 Å². The maximum Gasteiger partial charge on any atom is 0.338 e. The number of methoxy groups -OCH3 is 1. The predicted molar refractivity (Wildman–Crippen MR) is 118 cm³/mol.